The van der Waals surface area contributed by atoms with Gasteiger partial charge in [-0.05, 0) is 46.8 Å². The molecule has 4 aromatic rings. The van der Waals surface area contributed by atoms with E-state index in [1.165, 1.54) is 48.5 Å². The molecular formula is C40H42N8O20. The predicted octanol–water partition coefficient (Wildman–Crippen LogP) is 4.91. The van der Waals surface area contributed by atoms with Crippen LogP contribution in [-0.4, -0.2) is 146 Å². The normalized spacial score (nSPS) is 14.2. The number of benzene rings is 3. The minimum Gasteiger partial charge on any atom is -0.432 e. The van der Waals surface area contributed by atoms with Crippen LogP contribution in [0.4, 0.5) is 30.6 Å². The highest BCUT2D eigenvalue weighted by Crippen LogP contribution is 2.23. The number of fused-ring (bicyclic) bond motifs is 2. The topological polar surface area (TPSA) is 324 Å². The summed E-state index contributed by atoms with van der Waals surface area (Å²) < 4.78 is 50.1. The van der Waals surface area contributed by atoms with Crippen LogP contribution in [0.3, 0.4) is 0 Å². The molecule has 0 saturated heterocycles. The summed E-state index contributed by atoms with van der Waals surface area (Å²) in [5.41, 5.74) is 0.862. The van der Waals surface area contributed by atoms with Crippen LogP contribution in [0.25, 0.3) is 11.0 Å². The Hall–Kier alpha value is -8.34. The van der Waals surface area contributed by atoms with E-state index in [9.17, 15) is 39.4 Å². The van der Waals surface area contributed by atoms with Crippen molar-refractivity contribution in [2.24, 2.45) is 10.3 Å². The largest absolute Gasteiger partial charge is 0.535 e. The van der Waals surface area contributed by atoms with Gasteiger partial charge in [-0.15, -0.1) is 5.10 Å². The molecule has 6 rings (SSSR count). The molecule has 362 valence electrons. The van der Waals surface area contributed by atoms with Crippen LogP contribution in [0, 0.1) is 20.2 Å². The lowest BCUT2D eigenvalue weighted by atomic mass is 10.1. The van der Waals surface area contributed by atoms with E-state index in [2.05, 4.69) is 20.6 Å². The number of carbonyl (C=O) groups is 4. The predicted molar refractivity (Wildman–Crippen MR) is 224 cm³/mol. The minimum absolute atomic E-state index is 0.000424. The molecule has 3 aromatic carbocycles. The number of ether oxygens (including phenoxy) is 10. The van der Waals surface area contributed by atoms with Crippen molar-refractivity contribution in [1.82, 2.24) is 20.3 Å². The first-order valence-electron chi connectivity index (χ1n) is 20.1. The lowest BCUT2D eigenvalue weighted by Gasteiger charge is -2.20. The summed E-state index contributed by atoms with van der Waals surface area (Å²) in [4.78, 5) is 77.4. The van der Waals surface area contributed by atoms with Gasteiger partial charge in [0.1, 0.15) is 61.0 Å². The molecule has 0 spiro atoms. The van der Waals surface area contributed by atoms with Gasteiger partial charge in [-0.2, -0.15) is 5.11 Å². The first-order valence-corrected chi connectivity index (χ1v) is 20.1. The molecule has 2 heterocycles. The number of para-hydroxylation sites is 1. The number of rotatable bonds is 24. The number of allylic oxidation sites excluding steroid dienone is 2. The number of nitrogens with zero attached hydrogens (tertiary/aromatic N) is 8. The number of non-ortho nitro benzene ring substituents is 2. The summed E-state index contributed by atoms with van der Waals surface area (Å²) in [6.45, 7) is 1.19. The van der Waals surface area contributed by atoms with Crippen LogP contribution in [-0.2, 0) is 42.7 Å². The maximum absolute atomic E-state index is 11.7. The Bertz CT molecular complexity index is 2280. The molecule has 2 atom stereocenters. The molecule has 68 heavy (non-hydrogen) atoms. The van der Waals surface area contributed by atoms with E-state index in [4.69, 9.17) is 57.0 Å². The van der Waals surface area contributed by atoms with E-state index < -0.39 is 34.5 Å². The Labute approximate surface area is 383 Å². The molecule has 1 aliphatic carbocycles. The monoisotopic (exact) mass is 954 g/mol. The fourth-order valence-electron chi connectivity index (χ4n) is 5.16. The van der Waals surface area contributed by atoms with Crippen molar-refractivity contribution in [1.29, 1.82) is 0 Å². The van der Waals surface area contributed by atoms with E-state index in [-0.39, 0.29) is 114 Å². The maximum Gasteiger partial charge on any atom is 0.535 e. The Morgan fingerprint density at radius 2 is 0.985 bits per heavy atom. The van der Waals surface area contributed by atoms with Crippen LogP contribution >= 0.6 is 0 Å². The molecule has 28 nitrogen and oxygen atoms in total. The number of hydrogen-bond donors (Lipinski definition) is 0. The third-order valence-electron chi connectivity index (χ3n) is 8.29. The highest BCUT2D eigenvalue weighted by Gasteiger charge is 2.33. The van der Waals surface area contributed by atoms with Crippen LogP contribution < -0.4 is 14.3 Å². The van der Waals surface area contributed by atoms with Gasteiger partial charge in [0.25, 0.3) is 11.4 Å². The molecule has 0 radical (unpaired) electrons. The van der Waals surface area contributed by atoms with Crippen molar-refractivity contribution in [2.45, 2.75) is 12.1 Å². The molecule has 1 aliphatic heterocycles. The molecule has 1 aromatic heterocycles. The number of aromatic nitrogens is 3. The van der Waals surface area contributed by atoms with E-state index >= 15 is 0 Å². The standard InChI is InChI=1S/C20H22N6O8.C20H20N2O12/c27-19(33-25-17-7-3-1-5-15(17)21-23-25)31-13-11-29-9-10-30-12-14-32-20(28)34-26-18-8-4-2-6-16(18)22-24-26;23-19(33-17-5-1-15(2-6-17)21(25)26)31-13-11-29-9-10-30-12-14-32-20(24)34-18-7-3-16(4-8-18)22(27)28/h1-8,15,17H,9-14H2;1-8H,9-14H2. The first-order chi connectivity index (χ1) is 33.0. The van der Waals surface area contributed by atoms with Gasteiger partial charge < -0.3 is 47.4 Å². The second kappa shape index (κ2) is 27.9. The van der Waals surface area contributed by atoms with Crippen LogP contribution in [0.15, 0.2) is 107 Å². The van der Waals surface area contributed by atoms with Gasteiger partial charge >= 0.3 is 24.6 Å². The Balaban J connectivity index is 0.000000254. The molecule has 0 fully saturated rings. The second-order valence-electron chi connectivity index (χ2n) is 12.9. The zero-order valence-electron chi connectivity index (χ0n) is 35.6. The number of carbonyl (C=O) groups excluding carboxylic acids is 4. The molecule has 0 bridgehead atoms. The lowest BCUT2D eigenvalue weighted by molar-refractivity contribution is -0.385. The fourth-order valence-corrected chi connectivity index (χ4v) is 5.16. The fraction of sp³-hybridized carbons (Fsp3) is 0.350. The van der Waals surface area contributed by atoms with Crippen molar-refractivity contribution in [3.63, 3.8) is 0 Å². The second-order valence-corrected chi connectivity index (χ2v) is 12.9. The third-order valence-corrected chi connectivity index (χ3v) is 8.29. The summed E-state index contributed by atoms with van der Waals surface area (Å²) in [5.74, 6) is 0.201. The summed E-state index contributed by atoms with van der Waals surface area (Å²) in [7, 11) is 0. The van der Waals surface area contributed by atoms with E-state index in [1.807, 2.05) is 24.3 Å². The minimum atomic E-state index is -0.980. The average Bonchev–Trinajstić information content (AvgIpc) is 3.94. The SMILES string of the molecule is O=C(OCCOCCOCCOC(=O)Oc1ccc([N+](=O)[O-])cc1)Oc1ccc([N+](=O)[O-])cc1.O=C(OCCOCCOCCOC(=O)On1nnc2ccccc21)ON1N=NC2C=CC=CC21. The number of hydroxylamine groups is 1. The van der Waals surface area contributed by atoms with Crippen molar-refractivity contribution in [3.8, 4) is 11.5 Å². The molecule has 28 heteroatoms. The van der Waals surface area contributed by atoms with Gasteiger partial charge in [0, 0.05) is 24.3 Å². The van der Waals surface area contributed by atoms with Gasteiger partial charge in [0.15, 0.2) is 0 Å². The van der Waals surface area contributed by atoms with Gasteiger partial charge in [-0.1, -0.05) is 46.5 Å². The lowest BCUT2D eigenvalue weighted by Crippen LogP contribution is -2.35. The summed E-state index contributed by atoms with van der Waals surface area (Å²) in [6, 6.07) is 16.4. The number of nitro groups is 2. The molecule has 2 unspecified atom stereocenters. The maximum atomic E-state index is 11.7. The highest BCUT2D eigenvalue weighted by atomic mass is 16.8. The van der Waals surface area contributed by atoms with Crippen molar-refractivity contribution < 1.29 is 86.1 Å². The Morgan fingerprint density at radius 1 is 0.544 bits per heavy atom. The van der Waals surface area contributed by atoms with Crippen molar-refractivity contribution in [3.05, 3.63) is 117 Å². The smallest absolute Gasteiger partial charge is 0.432 e. The van der Waals surface area contributed by atoms with Gasteiger partial charge in [0.2, 0.25) is 0 Å². The van der Waals surface area contributed by atoms with E-state index in [1.54, 1.807) is 24.3 Å². The zero-order chi connectivity index (χ0) is 48.4. The molecule has 2 aliphatic rings. The third kappa shape index (κ3) is 17.9. The summed E-state index contributed by atoms with van der Waals surface area (Å²) in [5, 5.41) is 37.6. The number of hydrogen-bond acceptors (Lipinski definition) is 25. The summed E-state index contributed by atoms with van der Waals surface area (Å²) >= 11 is 0. The van der Waals surface area contributed by atoms with Gasteiger partial charge in [0.05, 0.1) is 62.7 Å². The average molecular weight is 955 g/mol. The van der Waals surface area contributed by atoms with Gasteiger partial charge in [-0.3, -0.25) is 29.9 Å². The first kappa shape index (κ1) is 50.7. The Morgan fingerprint density at radius 3 is 1.49 bits per heavy atom. The van der Waals surface area contributed by atoms with Gasteiger partial charge in [-0.25, -0.2) is 19.2 Å². The van der Waals surface area contributed by atoms with E-state index in [0.29, 0.717) is 11.0 Å². The molecule has 0 amide bonds. The van der Waals surface area contributed by atoms with E-state index in [0.717, 1.165) is 10.0 Å². The van der Waals surface area contributed by atoms with Crippen LogP contribution in [0.1, 0.15) is 0 Å². The highest BCUT2D eigenvalue weighted by molar-refractivity contribution is 5.74. The van der Waals surface area contributed by atoms with Crippen molar-refractivity contribution in [2.75, 3.05) is 79.3 Å². The van der Waals surface area contributed by atoms with Crippen LogP contribution in [0.5, 0.6) is 11.5 Å². The molecular weight excluding hydrogens is 912 g/mol. The zero-order valence-corrected chi connectivity index (χ0v) is 35.6. The van der Waals surface area contributed by atoms with Crippen molar-refractivity contribution >= 4 is 47.0 Å². The molecule has 0 saturated carbocycles. The quantitative estimate of drug-likeness (QED) is 0.0171. The number of nitro benzene ring substituents is 2. The summed E-state index contributed by atoms with van der Waals surface area (Å²) in [6.07, 6.45) is 3.58. The van der Waals surface area contributed by atoms with Crippen LogP contribution in [0.2, 0.25) is 0 Å². The Kier molecular flexibility index (Phi) is 20.8. The molecule has 0 N–H and O–H groups in total.